The number of carbonyl (C=O) groups excluding carboxylic acids is 1. The highest BCUT2D eigenvalue weighted by atomic mass is 16.1. The number of hydrogen-bond acceptors (Lipinski definition) is 3. The number of amides is 1. The molecule has 0 bridgehead atoms. The van der Waals surface area contributed by atoms with Crippen molar-refractivity contribution in [3.05, 3.63) is 53.2 Å². The molecule has 1 aromatic heterocycles. The lowest BCUT2D eigenvalue weighted by atomic mass is 10.1. The molecule has 1 N–H and O–H groups in total. The molecular weight excluding hydrogens is 298 g/mol. The summed E-state index contributed by atoms with van der Waals surface area (Å²) in [6.07, 6.45) is 4.95. The predicted octanol–water partition coefficient (Wildman–Crippen LogP) is 4.33. The molecule has 2 aromatic rings. The van der Waals surface area contributed by atoms with E-state index in [1.54, 1.807) is 6.07 Å². The lowest BCUT2D eigenvalue weighted by Crippen LogP contribution is -2.26. The molecule has 0 atom stereocenters. The fraction of sp³-hybridized carbons (Fsp3) is 0.400. The molecule has 24 heavy (non-hydrogen) atoms. The molecule has 1 aliphatic heterocycles. The standard InChI is InChI=1S/C20H25N3O/c1-15-10-11-17(16(2)14-15)22-20(24)18-8-7-9-19(21-18)23-12-5-3-4-6-13-23/h7-11,14H,3-6,12-13H2,1-2H3,(H,22,24). The molecule has 2 heterocycles. The van der Waals surface area contributed by atoms with Gasteiger partial charge < -0.3 is 10.2 Å². The Morgan fingerprint density at radius 3 is 2.50 bits per heavy atom. The van der Waals surface area contributed by atoms with Gasteiger partial charge in [0, 0.05) is 18.8 Å². The third-order valence-electron chi connectivity index (χ3n) is 4.53. The van der Waals surface area contributed by atoms with Crippen LogP contribution >= 0.6 is 0 Å². The Morgan fingerprint density at radius 1 is 1.04 bits per heavy atom. The third-order valence-corrected chi connectivity index (χ3v) is 4.53. The van der Waals surface area contributed by atoms with Crippen molar-refractivity contribution in [2.75, 3.05) is 23.3 Å². The smallest absolute Gasteiger partial charge is 0.274 e. The van der Waals surface area contributed by atoms with E-state index < -0.39 is 0 Å². The monoisotopic (exact) mass is 323 g/mol. The molecule has 0 radical (unpaired) electrons. The first-order valence-electron chi connectivity index (χ1n) is 8.74. The Bertz CT molecular complexity index is 719. The summed E-state index contributed by atoms with van der Waals surface area (Å²) in [7, 11) is 0. The summed E-state index contributed by atoms with van der Waals surface area (Å²) in [5.41, 5.74) is 3.56. The van der Waals surface area contributed by atoms with Gasteiger partial charge in [-0.1, -0.05) is 36.6 Å². The molecule has 4 heteroatoms. The summed E-state index contributed by atoms with van der Waals surface area (Å²) in [6, 6.07) is 11.7. The number of carbonyl (C=O) groups is 1. The van der Waals surface area contributed by atoms with E-state index in [1.165, 1.54) is 31.2 Å². The van der Waals surface area contributed by atoms with Crippen LogP contribution in [0.25, 0.3) is 0 Å². The number of aromatic nitrogens is 1. The molecule has 0 spiro atoms. The van der Waals surface area contributed by atoms with Gasteiger partial charge in [-0.3, -0.25) is 4.79 Å². The van der Waals surface area contributed by atoms with Crippen LogP contribution in [0.4, 0.5) is 11.5 Å². The first-order valence-corrected chi connectivity index (χ1v) is 8.74. The minimum atomic E-state index is -0.154. The van der Waals surface area contributed by atoms with Crippen molar-refractivity contribution in [3.63, 3.8) is 0 Å². The van der Waals surface area contributed by atoms with Crippen LogP contribution in [0.3, 0.4) is 0 Å². The Morgan fingerprint density at radius 2 is 1.79 bits per heavy atom. The van der Waals surface area contributed by atoms with Crippen LogP contribution in [0.2, 0.25) is 0 Å². The summed E-state index contributed by atoms with van der Waals surface area (Å²) in [6.45, 7) is 6.10. The first kappa shape index (κ1) is 16.5. The highest BCUT2D eigenvalue weighted by Gasteiger charge is 2.14. The average molecular weight is 323 g/mol. The van der Waals surface area contributed by atoms with Crippen LogP contribution < -0.4 is 10.2 Å². The normalized spacial score (nSPS) is 15.0. The average Bonchev–Trinajstić information content (AvgIpc) is 2.87. The number of nitrogens with zero attached hydrogens (tertiary/aromatic N) is 2. The maximum absolute atomic E-state index is 12.6. The number of pyridine rings is 1. The first-order chi connectivity index (χ1) is 11.6. The van der Waals surface area contributed by atoms with E-state index in [2.05, 4.69) is 21.3 Å². The second-order valence-electron chi connectivity index (χ2n) is 6.55. The van der Waals surface area contributed by atoms with E-state index in [0.717, 1.165) is 30.2 Å². The minimum absolute atomic E-state index is 0.154. The van der Waals surface area contributed by atoms with Crippen molar-refractivity contribution in [1.29, 1.82) is 0 Å². The predicted molar refractivity (Wildman–Crippen MR) is 98.8 cm³/mol. The van der Waals surface area contributed by atoms with E-state index >= 15 is 0 Å². The molecule has 1 aromatic carbocycles. The highest BCUT2D eigenvalue weighted by Crippen LogP contribution is 2.19. The zero-order valence-electron chi connectivity index (χ0n) is 14.5. The molecule has 1 fully saturated rings. The zero-order valence-corrected chi connectivity index (χ0v) is 14.5. The van der Waals surface area contributed by atoms with Gasteiger partial charge >= 0.3 is 0 Å². The second-order valence-corrected chi connectivity index (χ2v) is 6.55. The lowest BCUT2D eigenvalue weighted by molar-refractivity contribution is 0.102. The van der Waals surface area contributed by atoms with Crippen LogP contribution in [0.5, 0.6) is 0 Å². The zero-order chi connectivity index (χ0) is 16.9. The van der Waals surface area contributed by atoms with Gasteiger partial charge in [-0.05, 0) is 50.5 Å². The molecule has 0 saturated carbocycles. The Balaban J connectivity index is 1.76. The summed E-state index contributed by atoms with van der Waals surface area (Å²) in [4.78, 5) is 19.4. The number of rotatable bonds is 3. The topological polar surface area (TPSA) is 45.2 Å². The summed E-state index contributed by atoms with van der Waals surface area (Å²) >= 11 is 0. The molecule has 4 nitrogen and oxygen atoms in total. The molecular formula is C20H25N3O. The molecule has 1 saturated heterocycles. The van der Waals surface area contributed by atoms with Crippen molar-refractivity contribution in [3.8, 4) is 0 Å². The largest absolute Gasteiger partial charge is 0.357 e. The quantitative estimate of drug-likeness (QED) is 0.914. The maximum atomic E-state index is 12.6. The SMILES string of the molecule is Cc1ccc(NC(=O)c2cccc(N3CCCCCC3)n2)c(C)c1. The van der Waals surface area contributed by atoms with Crippen LogP contribution in [0.1, 0.15) is 47.3 Å². The molecule has 126 valence electrons. The van der Waals surface area contributed by atoms with Gasteiger partial charge in [0.1, 0.15) is 11.5 Å². The molecule has 1 aliphatic rings. The van der Waals surface area contributed by atoms with Gasteiger partial charge in [0.05, 0.1) is 0 Å². The fourth-order valence-electron chi connectivity index (χ4n) is 3.17. The number of nitrogens with one attached hydrogen (secondary N) is 1. The van der Waals surface area contributed by atoms with Crippen molar-refractivity contribution >= 4 is 17.4 Å². The van der Waals surface area contributed by atoms with E-state index in [9.17, 15) is 4.79 Å². The second kappa shape index (κ2) is 7.47. The minimum Gasteiger partial charge on any atom is -0.357 e. The van der Waals surface area contributed by atoms with Crippen molar-refractivity contribution in [1.82, 2.24) is 4.98 Å². The lowest BCUT2D eigenvalue weighted by Gasteiger charge is -2.21. The maximum Gasteiger partial charge on any atom is 0.274 e. The molecule has 0 aliphatic carbocycles. The fourth-order valence-corrected chi connectivity index (χ4v) is 3.17. The van der Waals surface area contributed by atoms with Gasteiger partial charge in [0.25, 0.3) is 5.91 Å². The van der Waals surface area contributed by atoms with Gasteiger partial charge in [0.15, 0.2) is 0 Å². The number of aryl methyl sites for hydroxylation is 2. The number of benzene rings is 1. The van der Waals surface area contributed by atoms with Gasteiger partial charge in [0.2, 0.25) is 0 Å². The van der Waals surface area contributed by atoms with Gasteiger partial charge in [-0.25, -0.2) is 4.98 Å². The Hall–Kier alpha value is -2.36. The molecule has 1 amide bonds. The third kappa shape index (κ3) is 3.94. The number of anilines is 2. The summed E-state index contributed by atoms with van der Waals surface area (Å²) in [5.74, 6) is 0.754. The van der Waals surface area contributed by atoms with Crippen LogP contribution in [-0.4, -0.2) is 24.0 Å². The van der Waals surface area contributed by atoms with Crippen molar-refractivity contribution in [2.45, 2.75) is 39.5 Å². The van der Waals surface area contributed by atoms with Gasteiger partial charge in [-0.2, -0.15) is 0 Å². The van der Waals surface area contributed by atoms with Gasteiger partial charge in [-0.15, -0.1) is 0 Å². The van der Waals surface area contributed by atoms with E-state index in [-0.39, 0.29) is 5.91 Å². The summed E-state index contributed by atoms with van der Waals surface area (Å²) < 4.78 is 0. The number of hydrogen-bond donors (Lipinski definition) is 1. The van der Waals surface area contributed by atoms with Crippen molar-refractivity contribution in [2.24, 2.45) is 0 Å². The van der Waals surface area contributed by atoms with Crippen LogP contribution in [0.15, 0.2) is 36.4 Å². The van der Waals surface area contributed by atoms with Crippen molar-refractivity contribution < 1.29 is 4.79 Å². The van der Waals surface area contributed by atoms with E-state index in [4.69, 9.17) is 0 Å². The van der Waals surface area contributed by atoms with E-state index in [0.29, 0.717) is 5.69 Å². The van der Waals surface area contributed by atoms with Crippen LogP contribution in [0, 0.1) is 13.8 Å². The summed E-state index contributed by atoms with van der Waals surface area (Å²) in [5, 5.41) is 2.98. The van der Waals surface area contributed by atoms with E-state index in [1.807, 2.05) is 38.1 Å². The molecule has 0 unspecified atom stereocenters. The Labute approximate surface area is 143 Å². The van der Waals surface area contributed by atoms with Crippen LogP contribution in [-0.2, 0) is 0 Å². The highest BCUT2D eigenvalue weighted by molar-refractivity contribution is 6.03. The molecule has 3 rings (SSSR count). The Kier molecular flexibility index (Phi) is 5.14.